The number of hydrogen-bond acceptors (Lipinski definition) is 5. The summed E-state index contributed by atoms with van der Waals surface area (Å²) >= 11 is 0. The highest BCUT2D eigenvalue weighted by molar-refractivity contribution is 6.22. The molecular weight excluding hydrogens is 406 g/mol. The van der Waals surface area contributed by atoms with Crippen molar-refractivity contribution >= 4 is 35.8 Å². The van der Waals surface area contributed by atoms with E-state index in [1.54, 1.807) is 12.1 Å². The van der Waals surface area contributed by atoms with E-state index in [4.69, 9.17) is 10.5 Å². The molecule has 0 saturated carbocycles. The molecule has 3 amide bonds. The van der Waals surface area contributed by atoms with Gasteiger partial charge in [0.1, 0.15) is 0 Å². The van der Waals surface area contributed by atoms with Gasteiger partial charge in [0.2, 0.25) is 0 Å². The van der Waals surface area contributed by atoms with Crippen molar-refractivity contribution in [2.24, 2.45) is 0 Å². The number of amides is 3. The minimum atomic E-state index is -0.364. The van der Waals surface area contributed by atoms with Gasteiger partial charge in [-0.2, -0.15) is 0 Å². The number of carbonyl (C=O) groups is 3. The standard InChI is InChI=1S/C22H23N3O4.ClH/c23-16-6-3-14(4-7-16)9-10-24-20(26)15-5-8-18-19(12-15)22(28)25(21(18)27)13-17-2-1-11-29-17;/h3-8,12,17H,1-2,9-11,13,23H2,(H,24,26);1H. The Hall–Kier alpha value is -2.90. The molecule has 0 aromatic heterocycles. The summed E-state index contributed by atoms with van der Waals surface area (Å²) in [5.74, 6) is -0.964. The molecule has 2 aliphatic rings. The molecule has 1 fully saturated rings. The minimum absolute atomic E-state index is 0. The zero-order valence-corrected chi connectivity index (χ0v) is 17.2. The molecule has 4 rings (SSSR count). The van der Waals surface area contributed by atoms with Crippen LogP contribution >= 0.6 is 12.4 Å². The number of benzene rings is 2. The number of nitrogens with zero attached hydrogens (tertiary/aromatic N) is 1. The maximum Gasteiger partial charge on any atom is 0.261 e. The lowest BCUT2D eigenvalue weighted by Gasteiger charge is -2.17. The van der Waals surface area contributed by atoms with Crippen molar-refractivity contribution in [2.75, 3.05) is 25.4 Å². The molecule has 8 heteroatoms. The van der Waals surface area contributed by atoms with Crippen LogP contribution in [0.15, 0.2) is 42.5 Å². The third-order valence-corrected chi connectivity index (χ3v) is 5.32. The number of rotatable bonds is 6. The Balaban J connectivity index is 0.00000256. The number of imide groups is 1. The summed E-state index contributed by atoms with van der Waals surface area (Å²) in [6.07, 6.45) is 2.35. The summed E-state index contributed by atoms with van der Waals surface area (Å²) in [7, 11) is 0. The zero-order chi connectivity index (χ0) is 20.4. The summed E-state index contributed by atoms with van der Waals surface area (Å²) in [4.78, 5) is 39.0. The third kappa shape index (κ3) is 4.47. The van der Waals surface area contributed by atoms with Crippen molar-refractivity contribution < 1.29 is 19.1 Å². The van der Waals surface area contributed by atoms with Gasteiger partial charge in [0.15, 0.2) is 0 Å². The van der Waals surface area contributed by atoms with Crippen LogP contribution in [0.5, 0.6) is 0 Å². The topological polar surface area (TPSA) is 102 Å². The Morgan fingerprint density at radius 3 is 2.53 bits per heavy atom. The van der Waals surface area contributed by atoms with Gasteiger partial charge in [0, 0.05) is 24.4 Å². The lowest BCUT2D eigenvalue weighted by atomic mass is 10.1. The molecule has 2 aromatic rings. The molecule has 158 valence electrons. The summed E-state index contributed by atoms with van der Waals surface area (Å²) in [5, 5.41) is 2.85. The summed E-state index contributed by atoms with van der Waals surface area (Å²) in [6, 6.07) is 12.1. The Kier molecular flexibility index (Phi) is 6.74. The maximum atomic E-state index is 12.7. The Labute approximate surface area is 181 Å². The van der Waals surface area contributed by atoms with E-state index in [0.717, 1.165) is 18.4 Å². The van der Waals surface area contributed by atoms with E-state index in [1.165, 1.54) is 11.0 Å². The van der Waals surface area contributed by atoms with Crippen molar-refractivity contribution in [1.29, 1.82) is 0 Å². The summed E-state index contributed by atoms with van der Waals surface area (Å²) in [5.41, 5.74) is 8.41. The first-order valence-electron chi connectivity index (χ1n) is 9.77. The van der Waals surface area contributed by atoms with Crippen LogP contribution in [0.25, 0.3) is 0 Å². The van der Waals surface area contributed by atoms with Gasteiger partial charge in [-0.1, -0.05) is 12.1 Å². The number of nitrogen functional groups attached to an aromatic ring is 1. The Morgan fingerprint density at radius 2 is 1.83 bits per heavy atom. The zero-order valence-electron chi connectivity index (χ0n) is 16.4. The number of fused-ring (bicyclic) bond motifs is 1. The molecule has 0 aliphatic carbocycles. The number of ether oxygens (including phenoxy) is 1. The second kappa shape index (κ2) is 9.28. The van der Waals surface area contributed by atoms with E-state index >= 15 is 0 Å². The molecule has 30 heavy (non-hydrogen) atoms. The van der Waals surface area contributed by atoms with E-state index in [-0.39, 0.29) is 48.3 Å². The molecule has 2 heterocycles. The molecule has 1 saturated heterocycles. The van der Waals surface area contributed by atoms with Crippen LogP contribution in [0.3, 0.4) is 0 Å². The lowest BCUT2D eigenvalue weighted by Crippen LogP contribution is -2.36. The average Bonchev–Trinajstić information content (AvgIpc) is 3.32. The number of halogens is 1. The normalized spacial score (nSPS) is 17.6. The van der Waals surface area contributed by atoms with Gasteiger partial charge < -0.3 is 15.8 Å². The highest BCUT2D eigenvalue weighted by Crippen LogP contribution is 2.26. The number of carbonyl (C=O) groups excluding carboxylic acids is 3. The molecule has 0 spiro atoms. The molecule has 0 radical (unpaired) electrons. The monoisotopic (exact) mass is 429 g/mol. The fraction of sp³-hybridized carbons (Fsp3) is 0.318. The van der Waals surface area contributed by atoms with E-state index < -0.39 is 0 Å². The number of nitrogens with one attached hydrogen (secondary N) is 1. The molecule has 3 N–H and O–H groups in total. The van der Waals surface area contributed by atoms with E-state index in [2.05, 4.69) is 5.32 Å². The van der Waals surface area contributed by atoms with Crippen LogP contribution in [0, 0.1) is 0 Å². The molecule has 1 unspecified atom stereocenters. The van der Waals surface area contributed by atoms with Crippen molar-refractivity contribution in [1.82, 2.24) is 10.2 Å². The van der Waals surface area contributed by atoms with Gasteiger partial charge in [-0.3, -0.25) is 19.3 Å². The predicted octanol–water partition coefficient (Wildman–Crippen LogP) is 2.44. The third-order valence-electron chi connectivity index (χ3n) is 5.32. The Morgan fingerprint density at radius 1 is 1.10 bits per heavy atom. The quantitative estimate of drug-likeness (QED) is 0.542. The maximum absolute atomic E-state index is 12.7. The second-order valence-corrected chi connectivity index (χ2v) is 7.36. The van der Waals surface area contributed by atoms with Crippen LogP contribution in [0.2, 0.25) is 0 Å². The van der Waals surface area contributed by atoms with E-state index in [1.807, 2.05) is 24.3 Å². The fourth-order valence-corrected chi connectivity index (χ4v) is 3.70. The molecule has 2 aliphatic heterocycles. The smallest absolute Gasteiger partial charge is 0.261 e. The summed E-state index contributed by atoms with van der Waals surface area (Å²) < 4.78 is 5.54. The van der Waals surface area contributed by atoms with Crippen LogP contribution < -0.4 is 11.1 Å². The van der Waals surface area contributed by atoms with Gasteiger partial charge in [-0.05, 0) is 55.2 Å². The number of anilines is 1. The van der Waals surface area contributed by atoms with Gasteiger partial charge in [-0.25, -0.2) is 0 Å². The van der Waals surface area contributed by atoms with E-state index in [0.29, 0.717) is 36.4 Å². The first-order chi connectivity index (χ1) is 14.0. The highest BCUT2D eigenvalue weighted by atomic mass is 35.5. The number of nitrogens with two attached hydrogens (primary N) is 1. The summed E-state index contributed by atoms with van der Waals surface area (Å²) in [6.45, 7) is 1.38. The highest BCUT2D eigenvalue weighted by Gasteiger charge is 2.37. The van der Waals surface area contributed by atoms with Gasteiger partial charge in [0.25, 0.3) is 17.7 Å². The van der Waals surface area contributed by atoms with E-state index in [9.17, 15) is 14.4 Å². The van der Waals surface area contributed by atoms with Gasteiger partial charge >= 0.3 is 0 Å². The molecule has 1 atom stereocenters. The SMILES string of the molecule is Cl.Nc1ccc(CCNC(=O)c2ccc3c(c2)C(=O)N(CC2CCCO2)C3=O)cc1. The lowest BCUT2D eigenvalue weighted by molar-refractivity contribution is 0.0475. The Bertz CT molecular complexity index is 955. The molecule has 0 bridgehead atoms. The molecule has 7 nitrogen and oxygen atoms in total. The van der Waals surface area contributed by atoms with Crippen molar-refractivity contribution in [3.63, 3.8) is 0 Å². The molecule has 2 aromatic carbocycles. The van der Waals surface area contributed by atoms with Gasteiger partial charge in [0.05, 0.1) is 23.8 Å². The van der Waals surface area contributed by atoms with Crippen LogP contribution in [0.4, 0.5) is 5.69 Å². The van der Waals surface area contributed by atoms with Crippen LogP contribution in [-0.2, 0) is 11.2 Å². The predicted molar refractivity (Wildman–Crippen MR) is 115 cm³/mol. The minimum Gasteiger partial charge on any atom is -0.399 e. The van der Waals surface area contributed by atoms with Gasteiger partial charge in [-0.15, -0.1) is 12.4 Å². The number of hydrogen-bond donors (Lipinski definition) is 2. The van der Waals surface area contributed by atoms with Crippen molar-refractivity contribution in [3.05, 3.63) is 64.7 Å². The largest absolute Gasteiger partial charge is 0.399 e. The second-order valence-electron chi connectivity index (χ2n) is 7.36. The van der Waals surface area contributed by atoms with Crippen molar-refractivity contribution in [2.45, 2.75) is 25.4 Å². The van der Waals surface area contributed by atoms with Crippen LogP contribution in [-0.4, -0.2) is 48.4 Å². The average molecular weight is 430 g/mol. The fourth-order valence-electron chi connectivity index (χ4n) is 3.70. The van der Waals surface area contributed by atoms with Crippen LogP contribution in [0.1, 0.15) is 49.5 Å². The first-order valence-corrected chi connectivity index (χ1v) is 9.77. The van der Waals surface area contributed by atoms with Crippen molar-refractivity contribution in [3.8, 4) is 0 Å². The first kappa shape index (κ1) is 21.8. The molecular formula is C22H24ClN3O4.